The Morgan fingerprint density at radius 1 is 1.23 bits per heavy atom. The normalized spacial score (nSPS) is 22.1. The lowest BCUT2D eigenvalue weighted by molar-refractivity contribution is -0.115. The van der Waals surface area contributed by atoms with E-state index < -0.39 is 0 Å². The zero-order chi connectivity index (χ0) is 22.4. The average molecular weight is 464 g/mol. The molecule has 1 amide bonds. The van der Waals surface area contributed by atoms with Crippen LogP contribution in [0.1, 0.15) is 70.4 Å². The number of phenols is 1. The summed E-state index contributed by atoms with van der Waals surface area (Å²) in [5.41, 5.74) is 2.14. The summed E-state index contributed by atoms with van der Waals surface area (Å²) < 4.78 is 0. The van der Waals surface area contributed by atoms with Crippen LogP contribution in [-0.4, -0.2) is 33.2 Å². The third-order valence-electron chi connectivity index (χ3n) is 5.78. The molecule has 1 saturated carbocycles. The van der Waals surface area contributed by atoms with Crippen LogP contribution < -0.4 is 5.32 Å². The van der Waals surface area contributed by atoms with Crippen molar-refractivity contribution < 1.29 is 9.90 Å². The molecule has 0 aromatic heterocycles. The number of allylic oxidation sites excluding steroid dienone is 3. The second-order valence-corrected chi connectivity index (χ2v) is 9.33. The maximum absolute atomic E-state index is 13.1. The average Bonchev–Trinajstić information content (AvgIpc) is 2.99. The lowest BCUT2D eigenvalue weighted by Crippen LogP contribution is -2.38. The summed E-state index contributed by atoms with van der Waals surface area (Å²) >= 11 is 12.7. The molecule has 1 heterocycles. The summed E-state index contributed by atoms with van der Waals surface area (Å²) in [5, 5.41) is 19.6. The molecule has 168 valence electrons. The summed E-state index contributed by atoms with van der Waals surface area (Å²) in [6.45, 7) is 3.73. The van der Waals surface area contributed by atoms with Gasteiger partial charge in [0.15, 0.2) is 0 Å². The van der Waals surface area contributed by atoms with Gasteiger partial charge in [0, 0.05) is 12.5 Å². The molecule has 2 N–H and O–H groups in total. The number of halogens is 2. The highest BCUT2D eigenvalue weighted by atomic mass is 35.5. The van der Waals surface area contributed by atoms with Crippen LogP contribution in [0.25, 0.3) is 0 Å². The molecule has 1 aromatic carbocycles. The Labute approximate surface area is 194 Å². The van der Waals surface area contributed by atoms with Gasteiger partial charge >= 0.3 is 0 Å². The highest BCUT2D eigenvalue weighted by Crippen LogP contribution is 2.38. The standard InChI is InChI=1S/C24H31Cl2N3O2/c1-3-22(20(26)14-16(2)25)29-23(17-10-12-19(30)13-11-17)15-21(28-29)24(31)27-18-8-6-4-5-7-9-18/h3,10-14,16,18,23,30H,4-9,15H2,1-2H3,(H,27,31)/b20-14+,22-3+. The molecule has 0 spiro atoms. The Balaban J connectivity index is 1.87. The van der Waals surface area contributed by atoms with Crippen LogP contribution in [-0.2, 0) is 4.79 Å². The minimum Gasteiger partial charge on any atom is -0.508 e. The number of nitrogens with one attached hydrogen (secondary N) is 1. The van der Waals surface area contributed by atoms with E-state index in [1.54, 1.807) is 23.2 Å². The van der Waals surface area contributed by atoms with Gasteiger partial charge in [0.2, 0.25) is 0 Å². The molecule has 2 unspecified atom stereocenters. The fourth-order valence-electron chi connectivity index (χ4n) is 4.18. The van der Waals surface area contributed by atoms with Crippen molar-refractivity contribution in [2.24, 2.45) is 5.10 Å². The molecule has 0 bridgehead atoms. The fraction of sp³-hybridized carbons (Fsp3) is 0.500. The Morgan fingerprint density at radius 2 is 1.87 bits per heavy atom. The number of hydrogen-bond acceptors (Lipinski definition) is 4. The minimum atomic E-state index is -0.237. The van der Waals surface area contributed by atoms with E-state index in [1.165, 1.54) is 12.8 Å². The third kappa shape index (κ3) is 6.27. The molecule has 7 heteroatoms. The number of benzene rings is 1. The Kier molecular flexibility index (Phi) is 8.44. The third-order valence-corrected chi connectivity index (χ3v) is 6.23. The summed E-state index contributed by atoms with van der Waals surface area (Å²) in [7, 11) is 0. The van der Waals surface area contributed by atoms with Crippen LogP contribution in [0.3, 0.4) is 0 Å². The van der Waals surface area contributed by atoms with Crippen LogP contribution in [0, 0.1) is 0 Å². The number of carbonyl (C=O) groups excluding carboxylic acids is 1. The molecule has 3 rings (SSSR count). The molecular weight excluding hydrogens is 433 g/mol. The molecule has 5 nitrogen and oxygen atoms in total. The van der Waals surface area contributed by atoms with E-state index in [-0.39, 0.29) is 29.1 Å². The van der Waals surface area contributed by atoms with E-state index >= 15 is 0 Å². The Hall–Kier alpha value is -1.98. The van der Waals surface area contributed by atoms with Crippen molar-refractivity contribution in [3.05, 3.63) is 52.7 Å². The summed E-state index contributed by atoms with van der Waals surface area (Å²) in [6, 6.07) is 7.00. The predicted octanol–water partition coefficient (Wildman–Crippen LogP) is 5.99. The topological polar surface area (TPSA) is 64.9 Å². The molecule has 31 heavy (non-hydrogen) atoms. The first kappa shape index (κ1) is 23.7. The summed E-state index contributed by atoms with van der Waals surface area (Å²) in [4.78, 5) is 13.1. The number of phenolic OH excluding ortho intramolecular Hbond substituents is 1. The number of carbonyl (C=O) groups is 1. The van der Waals surface area contributed by atoms with Gasteiger partial charge in [-0.05, 0) is 50.5 Å². The second-order valence-electron chi connectivity index (χ2n) is 8.23. The largest absolute Gasteiger partial charge is 0.508 e. The molecule has 1 aliphatic heterocycles. The van der Waals surface area contributed by atoms with Crippen LogP contribution in [0.15, 0.2) is 52.2 Å². The van der Waals surface area contributed by atoms with Gasteiger partial charge in [-0.3, -0.25) is 9.80 Å². The molecule has 1 aliphatic carbocycles. The van der Waals surface area contributed by atoms with Crippen LogP contribution >= 0.6 is 23.2 Å². The zero-order valence-corrected chi connectivity index (χ0v) is 19.7. The highest BCUT2D eigenvalue weighted by molar-refractivity contribution is 6.39. The molecule has 0 saturated heterocycles. The van der Waals surface area contributed by atoms with Gasteiger partial charge in [-0.15, -0.1) is 11.6 Å². The second kappa shape index (κ2) is 11.1. The number of rotatable bonds is 6. The first-order valence-electron chi connectivity index (χ1n) is 11.0. The van der Waals surface area contributed by atoms with E-state index in [2.05, 4.69) is 5.32 Å². The molecular formula is C24H31Cl2N3O2. The molecule has 1 fully saturated rings. The SMILES string of the molecule is C/C=C(\C(Cl)=C/C(C)Cl)N1N=C(C(=O)NC2CCCCCC2)CC1c1ccc(O)cc1. The molecule has 0 radical (unpaired) electrons. The van der Waals surface area contributed by atoms with Gasteiger partial charge in [-0.25, -0.2) is 0 Å². The molecule has 1 aromatic rings. The van der Waals surface area contributed by atoms with Gasteiger partial charge in [-0.2, -0.15) is 5.10 Å². The Bertz CT molecular complexity index is 854. The number of amides is 1. The quantitative estimate of drug-likeness (QED) is 0.309. The monoisotopic (exact) mass is 463 g/mol. The summed E-state index contributed by atoms with van der Waals surface area (Å²) in [5.74, 6) is 0.0835. The van der Waals surface area contributed by atoms with Crippen molar-refractivity contribution in [3.8, 4) is 5.75 Å². The van der Waals surface area contributed by atoms with E-state index in [0.717, 1.165) is 31.2 Å². The number of hydrazone groups is 1. The minimum absolute atomic E-state index is 0.112. The zero-order valence-electron chi connectivity index (χ0n) is 18.2. The smallest absolute Gasteiger partial charge is 0.267 e. The van der Waals surface area contributed by atoms with E-state index in [1.807, 2.05) is 32.1 Å². The lowest BCUT2D eigenvalue weighted by Gasteiger charge is -2.26. The van der Waals surface area contributed by atoms with Crippen LogP contribution in [0.2, 0.25) is 0 Å². The first-order valence-corrected chi connectivity index (χ1v) is 11.8. The van der Waals surface area contributed by atoms with Crippen molar-refractivity contribution in [2.45, 2.75) is 76.3 Å². The van der Waals surface area contributed by atoms with Crippen molar-refractivity contribution >= 4 is 34.8 Å². The van der Waals surface area contributed by atoms with Gasteiger partial charge in [-0.1, -0.05) is 55.5 Å². The van der Waals surface area contributed by atoms with Crippen LogP contribution in [0.5, 0.6) is 5.75 Å². The van der Waals surface area contributed by atoms with Gasteiger partial charge in [0.25, 0.3) is 5.91 Å². The van der Waals surface area contributed by atoms with Crippen molar-refractivity contribution in [2.75, 3.05) is 0 Å². The van der Waals surface area contributed by atoms with Gasteiger partial charge in [0.05, 0.1) is 22.1 Å². The predicted molar refractivity (Wildman–Crippen MR) is 127 cm³/mol. The van der Waals surface area contributed by atoms with Crippen LogP contribution in [0.4, 0.5) is 0 Å². The first-order chi connectivity index (χ1) is 14.9. The number of nitrogens with zero attached hydrogens (tertiary/aromatic N) is 2. The van der Waals surface area contributed by atoms with Gasteiger partial charge < -0.3 is 10.4 Å². The van der Waals surface area contributed by atoms with E-state index in [9.17, 15) is 9.90 Å². The maximum atomic E-state index is 13.1. The fourth-order valence-corrected chi connectivity index (χ4v) is 4.76. The molecule has 2 aliphatic rings. The highest BCUT2D eigenvalue weighted by Gasteiger charge is 2.34. The van der Waals surface area contributed by atoms with E-state index in [0.29, 0.717) is 22.9 Å². The number of alkyl halides is 1. The van der Waals surface area contributed by atoms with E-state index in [4.69, 9.17) is 28.3 Å². The van der Waals surface area contributed by atoms with Gasteiger partial charge in [0.1, 0.15) is 11.5 Å². The van der Waals surface area contributed by atoms with Crippen molar-refractivity contribution in [3.63, 3.8) is 0 Å². The summed E-state index contributed by atoms with van der Waals surface area (Å²) in [6.07, 6.45) is 10.9. The Morgan fingerprint density at radius 3 is 2.45 bits per heavy atom. The lowest BCUT2D eigenvalue weighted by atomic mass is 10.0. The van der Waals surface area contributed by atoms with Crippen molar-refractivity contribution in [1.82, 2.24) is 10.3 Å². The molecule has 2 atom stereocenters. The van der Waals surface area contributed by atoms with Crippen molar-refractivity contribution in [1.29, 1.82) is 0 Å². The maximum Gasteiger partial charge on any atom is 0.267 e. The number of hydrogen-bond donors (Lipinski definition) is 2. The number of aromatic hydroxyl groups is 1.